The number of thioether (sulfide) groups is 1. The first-order valence-electron chi connectivity index (χ1n) is 6.08. The number of carbonyl (C=O) groups excluding carboxylic acids is 1. The molecule has 0 fully saturated rings. The number of nitrogens with zero attached hydrogens (tertiary/aromatic N) is 3. The number of carbonyl (C=O) groups is 1. The van der Waals surface area contributed by atoms with E-state index in [1.165, 1.54) is 23.1 Å². The first kappa shape index (κ1) is 13.8. The normalized spacial score (nSPS) is 10.7. The van der Waals surface area contributed by atoms with Crippen molar-refractivity contribution in [3.63, 3.8) is 0 Å². The van der Waals surface area contributed by atoms with Gasteiger partial charge in [0.2, 0.25) is 5.13 Å². The van der Waals surface area contributed by atoms with Crippen LogP contribution >= 0.6 is 23.1 Å². The Hall–Kier alpha value is -2.19. The van der Waals surface area contributed by atoms with Gasteiger partial charge in [-0.2, -0.15) is 0 Å². The Balaban J connectivity index is 1.72. The summed E-state index contributed by atoms with van der Waals surface area (Å²) in [7, 11) is 0. The zero-order valence-electron chi connectivity index (χ0n) is 10.9. The van der Waals surface area contributed by atoms with Crippen LogP contribution in [-0.2, 0) is 0 Å². The highest BCUT2D eigenvalue weighted by atomic mass is 32.2. The van der Waals surface area contributed by atoms with Crippen LogP contribution in [0.4, 0.5) is 5.13 Å². The minimum Gasteiger partial charge on any atom is -0.345 e. The van der Waals surface area contributed by atoms with Crippen LogP contribution in [0.1, 0.15) is 10.4 Å². The molecule has 0 saturated heterocycles. The topological polar surface area (TPSA) is 83.6 Å². The summed E-state index contributed by atoms with van der Waals surface area (Å²) < 4.78 is 0.800. The third-order valence-corrected chi connectivity index (χ3v) is 4.60. The zero-order valence-corrected chi connectivity index (χ0v) is 12.5. The second-order valence-electron chi connectivity index (χ2n) is 4.06. The minimum atomic E-state index is -0.220. The molecular weight excluding hydrogens is 306 g/mol. The van der Waals surface area contributed by atoms with Crippen LogP contribution in [0.3, 0.4) is 0 Å². The van der Waals surface area contributed by atoms with Crippen molar-refractivity contribution in [2.45, 2.75) is 4.34 Å². The second kappa shape index (κ2) is 6.06. The summed E-state index contributed by atoms with van der Waals surface area (Å²) in [5.74, 6) is 0.543. The van der Waals surface area contributed by atoms with Crippen molar-refractivity contribution < 1.29 is 4.79 Å². The van der Waals surface area contributed by atoms with Gasteiger partial charge in [-0.25, -0.2) is 4.98 Å². The number of imidazole rings is 1. The third-order valence-electron chi connectivity index (χ3n) is 2.63. The number of nitrogens with one attached hydrogen (secondary N) is 2. The van der Waals surface area contributed by atoms with E-state index >= 15 is 0 Å². The summed E-state index contributed by atoms with van der Waals surface area (Å²) >= 11 is 2.87. The molecule has 0 radical (unpaired) electrons. The van der Waals surface area contributed by atoms with Gasteiger partial charge in [-0.05, 0) is 18.2 Å². The molecule has 0 aliphatic carbocycles. The Morgan fingerprint density at radius 1 is 1.48 bits per heavy atom. The summed E-state index contributed by atoms with van der Waals surface area (Å²) in [6, 6.07) is 5.28. The second-order valence-corrected chi connectivity index (χ2v) is 6.31. The van der Waals surface area contributed by atoms with Crippen LogP contribution < -0.4 is 5.32 Å². The lowest BCUT2D eigenvalue weighted by atomic mass is 10.2. The molecule has 1 aromatic carbocycles. The quantitative estimate of drug-likeness (QED) is 0.429. The van der Waals surface area contributed by atoms with Crippen molar-refractivity contribution in [3.05, 3.63) is 42.7 Å². The average molecular weight is 317 g/mol. The van der Waals surface area contributed by atoms with E-state index in [1.54, 1.807) is 30.6 Å². The van der Waals surface area contributed by atoms with E-state index in [2.05, 4.69) is 32.1 Å². The average Bonchev–Trinajstić information content (AvgIpc) is 3.12. The van der Waals surface area contributed by atoms with Crippen LogP contribution in [0.5, 0.6) is 0 Å². The Kier molecular flexibility index (Phi) is 3.98. The Morgan fingerprint density at radius 3 is 3.24 bits per heavy atom. The molecule has 106 valence electrons. The van der Waals surface area contributed by atoms with Crippen molar-refractivity contribution in [1.29, 1.82) is 0 Å². The maximum Gasteiger partial charge on any atom is 0.257 e. The van der Waals surface area contributed by atoms with E-state index in [4.69, 9.17) is 0 Å². The van der Waals surface area contributed by atoms with Crippen LogP contribution in [-0.4, -0.2) is 31.8 Å². The van der Waals surface area contributed by atoms with Gasteiger partial charge in [0.1, 0.15) is 0 Å². The van der Waals surface area contributed by atoms with Crippen LogP contribution in [0.2, 0.25) is 0 Å². The maximum absolute atomic E-state index is 12.2. The highest BCUT2D eigenvalue weighted by Crippen LogP contribution is 2.25. The smallest absolute Gasteiger partial charge is 0.257 e. The number of anilines is 1. The lowest BCUT2D eigenvalue weighted by Gasteiger charge is -2.00. The van der Waals surface area contributed by atoms with Crippen LogP contribution in [0.15, 0.2) is 41.5 Å². The fraction of sp³-hybridized carbons (Fsp3) is 0.0769. The number of aromatic amines is 1. The third kappa shape index (κ3) is 3.11. The van der Waals surface area contributed by atoms with E-state index < -0.39 is 0 Å². The maximum atomic E-state index is 12.2. The molecule has 2 heterocycles. The molecule has 0 aliphatic rings. The molecule has 0 spiro atoms. The van der Waals surface area contributed by atoms with Gasteiger partial charge in [0.15, 0.2) is 4.34 Å². The standard InChI is InChI=1S/C13H11N5OS2/c1-2-5-20-13-18-17-12(21-13)16-11(19)8-3-4-9-10(6-8)15-7-14-9/h2-4,6-7H,1,5H2,(H,14,15)(H,16,17,19). The first-order valence-corrected chi connectivity index (χ1v) is 7.88. The number of fused-ring (bicyclic) bond motifs is 1. The van der Waals surface area contributed by atoms with Gasteiger partial charge in [-0.1, -0.05) is 29.2 Å². The number of rotatable bonds is 5. The summed E-state index contributed by atoms with van der Waals surface area (Å²) in [6.07, 6.45) is 3.39. The summed E-state index contributed by atoms with van der Waals surface area (Å²) in [4.78, 5) is 19.3. The van der Waals surface area contributed by atoms with Gasteiger partial charge >= 0.3 is 0 Å². The summed E-state index contributed by atoms with van der Waals surface area (Å²) in [5.41, 5.74) is 2.19. The van der Waals surface area contributed by atoms with Crippen molar-refractivity contribution in [2.75, 3.05) is 11.1 Å². The van der Waals surface area contributed by atoms with E-state index in [1.807, 2.05) is 0 Å². The van der Waals surface area contributed by atoms with Gasteiger partial charge in [0.05, 0.1) is 17.4 Å². The molecule has 3 rings (SSSR count). The largest absolute Gasteiger partial charge is 0.345 e. The predicted molar refractivity (Wildman–Crippen MR) is 84.9 cm³/mol. The number of amides is 1. The van der Waals surface area contributed by atoms with Gasteiger partial charge in [0.25, 0.3) is 5.91 Å². The number of H-pyrrole nitrogens is 1. The summed E-state index contributed by atoms with van der Waals surface area (Å²) in [5, 5.41) is 11.2. The summed E-state index contributed by atoms with van der Waals surface area (Å²) in [6.45, 7) is 3.65. The Labute approximate surface area is 128 Å². The Morgan fingerprint density at radius 2 is 2.38 bits per heavy atom. The van der Waals surface area contributed by atoms with E-state index in [0.717, 1.165) is 21.1 Å². The van der Waals surface area contributed by atoms with Crippen molar-refractivity contribution in [1.82, 2.24) is 20.2 Å². The lowest BCUT2D eigenvalue weighted by Crippen LogP contribution is -2.11. The molecule has 21 heavy (non-hydrogen) atoms. The highest BCUT2D eigenvalue weighted by molar-refractivity contribution is 8.01. The minimum absolute atomic E-state index is 0.220. The van der Waals surface area contributed by atoms with E-state index in [-0.39, 0.29) is 5.91 Å². The highest BCUT2D eigenvalue weighted by Gasteiger charge is 2.11. The number of aromatic nitrogens is 4. The monoisotopic (exact) mass is 317 g/mol. The molecule has 8 heteroatoms. The van der Waals surface area contributed by atoms with Gasteiger partial charge < -0.3 is 4.98 Å². The number of hydrogen-bond acceptors (Lipinski definition) is 6. The molecule has 0 bridgehead atoms. The SMILES string of the molecule is C=CCSc1nnc(NC(=O)c2ccc3nc[nH]c3c2)s1. The molecule has 6 nitrogen and oxygen atoms in total. The number of benzene rings is 1. The molecular formula is C13H11N5OS2. The fourth-order valence-electron chi connectivity index (χ4n) is 1.69. The number of hydrogen-bond donors (Lipinski definition) is 2. The molecule has 1 amide bonds. The fourth-order valence-corrected chi connectivity index (χ4v) is 3.20. The molecule has 0 atom stereocenters. The predicted octanol–water partition coefficient (Wildman–Crippen LogP) is 2.94. The van der Waals surface area contributed by atoms with Gasteiger partial charge in [-0.15, -0.1) is 16.8 Å². The molecule has 0 saturated carbocycles. The van der Waals surface area contributed by atoms with Crippen LogP contribution in [0, 0.1) is 0 Å². The van der Waals surface area contributed by atoms with Crippen LogP contribution in [0.25, 0.3) is 11.0 Å². The molecule has 0 unspecified atom stereocenters. The van der Waals surface area contributed by atoms with Gasteiger partial charge in [-0.3, -0.25) is 10.1 Å². The molecule has 2 N–H and O–H groups in total. The van der Waals surface area contributed by atoms with E-state index in [0.29, 0.717) is 10.7 Å². The van der Waals surface area contributed by atoms with E-state index in [9.17, 15) is 4.79 Å². The molecule has 3 aromatic rings. The van der Waals surface area contributed by atoms with Gasteiger partial charge in [0, 0.05) is 11.3 Å². The molecule has 0 aliphatic heterocycles. The zero-order chi connectivity index (χ0) is 14.7. The van der Waals surface area contributed by atoms with Crippen molar-refractivity contribution in [3.8, 4) is 0 Å². The first-order chi connectivity index (χ1) is 10.3. The van der Waals surface area contributed by atoms with Crippen molar-refractivity contribution in [2.24, 2.45) is 0 Å². The molecule has 2 aromatic heterocycles. The Bertz CT molecular complexity index is 795. The lowest BCUT2D eigenvalue weighted by molar-refractivity contribution is 0.102. The van der Waals surface area contributed by atoms with Crippen molar-refractivity contribution >= 4 is 45.2 Å².